The van der Waals surface area contributed by atoms with Gasteiger partial charge in [-0.15, -0.1) is 0 Å². The summed E-state index contributed by atoms with van der Waals surface area (Å²) in [4.78, 5) is 24.6. The molecule has 0 saturated carbocycles. The van der Waals surface area contributed by atoms with E-state index >= 15 is 0 Å². The molecule has 26 heavy (non-hydrogen) atoms. The number of amides is 1. The Kier molecular flexibility index (Phi) is 5.14. The lowest BCUT2D eigenvalue weighted by molar-refractivity contribution is -0.119. The second-order valence-electron chi connectivity index (χ2n) is 5.68. The minimum Gasteiger partial charge on any atom is -0.324 e. The predicted molar refractivity (Wildman–Crippen MR) is 98.7 cm³/mol. The van der Waals surface area contributed by atoms with Crippen LogP contribution in [-0.2, 0) is 4.79 Å². The number of hydrogen-bond donors (Lipinski definition) is 1. The van der Waals surface area contributed by atoms with Crippen LogP contribution >= 0.6 is 11.6 Å². The molecule has 3 aromatic rings. The monoisotopic (exact) mass is 371 g/mol. The van der Waals surface area contributed by atoms with Gasteiger partial charge >= 0.3 is 0 Å². The third-order valence-corrected chi connectivity index (χ3v) is 4.08. The van der Waals surface area contributed by atoms with Crippen LogP contribution in [0.3, 0.4) is 0 Å². The molecular weight excluding hydrogens is 357 g/mol. The zero-order valence-electron chi connectivity index (χ0n) is 13.8. The number of anilines is 1. The van der Waals surface area contributed by atoms with E-state index in [1.54, 1.807) is 43.3 Å². The van der Waals surface area contributed by atoms with Crippen molar-refractivity contribution in [1.82, 2.24) is 9.78 Å². The van der Waals surface area contributed by atoms with Gasteiger partial charge in [-0.25, -0.2) is 9.07 Å². The smallest absolute Gasteiger partial charge is 0.267 e. The molecule has 7 heteroatoms. The molecule has 3 rings (SSSR count). The van der Waals surface area contributed by atoms with Crippen molar-refractivity contribution in [2.75, 3.05) is 5.32 Å². The first-order chi connectivity index (χ1) is 12.4. The van der Waals surface area contributed by atoms with Crippen molar-refractivity contribution in [2.45, 2.75) is 13.0 Å². The van der Waals surface area contributed by atoms with E-state index in [-0.39, 0.29) is 5.82 Å². The number of nitrogens with one attached hydrogen (secondary N) is 1. The average Bonchev–Trinajstić information content (AvgIpc) is 2.64. The van der Waals surface area contributed by atoms with Crippen molar-refractivity contribution in [3.8, 4) is 11.3 Å². The van der Waals surface area contributed by atoms with Gasteiger partial charge in [0.25, 0.3) is 5.56 Å². The molecule has 0 fully saturated rings. The van der Waals surface area contributed by atoms with Gasteiger partial charge in [0.15, 0.2) is 0 Å². The summed E-state index contributed by atoms with van der Waals surface area (Å²) in [6.45, 7) is 1.58. The highest BCUT2D eigenvalue weighted by Gasteiger charge is 2.18. The van der Waals surface area contributed by atoms with E-state index in [2.05, 4.69) is 10.4 Å². The molecule has 0 aliphatic rings. The molecule has 1 amide bonds. The van der Waals surface area contributed by atoms with Crippen LogP contribution in [0.15, 0.2) is 65.5 Å². The summed E-state index contributed by atoms with van der Waals surface area (Å²) in [6, 6.07) is 14.4. The number of aromatic nitrogens is 2. The maximum absolute atomic E-state index is 13.1. The summed E-state index contributed by atoms with van der Waals surface area (Å²) >= 11 is 5.82. The Morgan fingerprint density at radius 3 is 2.38 bits per heavy atom. The lowest BCUT2D eigenvalue weighted by Crippen LogP contribution is -2.33. The van der Waals surface area contributed by atoms with Gasteiger partial charge in [0.1, 0.15) is 11.9 Å². The number of rotatable bonds is 4. The standard InChI is InChI=1S/C19H15ClFN3O2/c1-12(19(26)22-16-8-4-14(20)5-9-16)24-18(25)11-10-17(23-24)13-2-6-15(21)7-3-13/h2-12H,1H3,(H,22,26). The van der Waals surface area contributed by atoms with E-state index < -0.39 is 17.5 Å². The van der Waals surface area contributed by atoms with Gasteiger partial charge in [0.05, 0.1) is 5.69 Å². The number of carbonyl (C=O) groups is 1. The van der Waals surface area contributed by atoms with Crippen LogP contribution in [0.2, 0.25) is 5.02 Å². The average molecular weight is 372 g/mol. The van der Waals surface area contributed by atoms with E-state index in [0.717, 1.165) is 4.68 Å². The zero-order chi connectivity index (χ0) is 18.7. The Balaban J connectivity index is 1.86. The van der Waals surface area contributed by atoms with E-state index in [4.69, 9.17) is 11.6 Å². The van der Waals surface area contributed by atoms with E-state index in [9.17, 15) is 14.0 Å². The number of halogens is 2. The maximum Gasteiger partial charge on any atom is 0.267 e. The normalized spacial score (nSPS) is 11.8. The molecule has 1 N–H and O–H groups in total. The molecule has 0 aliphatic carbocycles. The van der Waals surface area contributed by atoms with Gasteiger partial charge in [-0.1, -0.05) is 11.6 Å². The van der Waals surface area contributed by atoms with Gasteiger partial charge in [0.2, 0.25) is 5.91 Å². The van der Waals surface area contributed by atoms with Crippen LogP contribution in [0, 0.1) is 5.82 Å². The second kappa shape index (κ2) is 7.49. The van der Waals surface area contributed by atoms with Crippen molar-refractivity contribution >= 4 is 23.2 Å². The maximum atomic E-state index is 13.1. The SMILES string of the molecule is CC(C(=O)Nc1ccc(Cl)cc1)n1nc(-c2ccc(F)cc2)ccc1=O. The van der Waals surface area contributed by atoms with E-state index in [0.29, 0.717) is 22.0 Å². The first-order valence-corrected chi connectivity index (χ1v) is 8.24. The van der Waals surface area contributed by atoms with Crippen molar-refractivity contribution in [1.29, 1.82) is 0 Å². The predicted octanol–water partition coefficient (Wildman–Crippen LogP) is 3.90. The first-order valence-electron chi connectivity index (χ1n) is 7.86. The summed E-state index contributed by atoms with van der Waals surface area (Å²) < 4.78 is 14.2. The van der Waals surface area contributed by atoms with Crippen molar-refractivity contribution < 1.29 is 9.18 Å². The fraction of sp³-hybridized carbons (Fsp3) is 0.105. The Hall–Kier alpha value is -2.99. The van der Waals surface area contributed by atoms with Crippen molar-refractivity contribution in [3.05, 3.63) is 81.9 Å². The van der Waals surface area contributed by atoms with Crippen molar-refractivity contribution in [2.24, 2.45) is 0 Å². The van der Waals surface area contributed by atoms with Crippen LogP contribution in [0.4, 0.5) is 10.1 Å². The minimum atomic E-state index is -0.835. The van der Waals surface area contributed by atoms with E-state index in [1.807, 2.05) is 0 Å². The highest BCUT2D eigenvalue weighted by Crippen LogP contribution is 2.18. The summed E-state index contributed by atoms with van der Waals surface area (Å²) in [6.07, 6.45) is 0. The van der Waals surface area contributed by atoms with Crippen LogP contribution in [-0.4, -0.2) is 15.7 Å². The molecule has 5 nitrogen and oxygen atoms in total. The van der Waals surface area contributed by atoms with Crippen LogP contribution in [0.1, 0.15) is 13.0 Å². The van der Waals surface area contributed by atoms with Crippen LogP contribution in [0.25, 0.3) is 11.3 Å². The summed E-state index contributed by atoms with van der Waals surface area (Å²) in [7, 11) is 0. The quantitative estimate of drug-likeness (QED) is 0.756. The third kappa shape index (κ3) is 3.97. The minimum absolute atomic E-state index is 0.363. The summed E-state index contributed by atoms with van der Waals surface area (Å²) in [5.74, 6) is -0.754. The molecule has 2 aromatic carbocycles. The Labute approximate surface area is 154 Å². The topological polar surface area (TPSA) is 64.0 Å². The lowest BCUT2D eigenvalue weighted by atomic mass is 10.1. The molecule has 0 bridgehead atoms. The fourth-order valence-electron chi connectivity index (χ4n) is 2.37. The molecule has 1 atom stereocenters. The molecule has 0 saturated heterocycles. The Bertz CT molecular complexity index is 985. The molecular formula is C19H15ClFN3O2. The third-order valence-electron chi connectivity index (χ3n) is 3.82. The van der Waals surface area contributed by atoms with Gasteiger partial charge in [0, 0.05) is 22.3 Å². The van der Waals surface area contributed by atoms with Crippen LogP contribution < -0.4 is 10.9 Å². The van der Waals surface area contributed by atoms with Gasteiger partial charge in [-0.2, -0.15) is 5.10 Å². The van der Waals surface area contributed by atoms with Gasteiger partial charge in [-0.05, 0) is 61.5 Å². The lowest BCUT2D eigenvalue weighted by Gasteiger charge is -2.15. The second-order valence-corrected chi connectivity index (χ2v) is 6.12. The molecule has 0 radical (unpaired) electrons. The number of benzene rings is 2. The Morgan fingerprint density at radius 2 is 1.73 bits per heavy atom. The van der Waals surface area contributed by atoms with Gasteiger partial charge in [-0.3, -0.25) is 9.59 Å². The largest absolute Gasteiger partial charge is 0.324 e. The van der Waals surface area contributed by atoms with E-state index in [1.165, 1.54) is 24.3 Å². The molecule has 132 valence electrons. The fourth-order valence-corrected chi connectivity index (χ4v) is 2.49. The van der Waals surface area contributed by atoms with Crippen LogP contribution in [0.5, 0.6) is 0 Å². The number of carbonyl (C=O) groups excluding carboxylic acids is 1. The molecule has 1 aromatic heterocycles. The Morgan fingerprint density at radius 1 is 1.08 bits per heavy atom. The molecule has 1 unspecified atom stereocenters. The summed E-state index contributed by atoms with van der Waals surface area (Å²) in [5, 5.41) is 7.52. The van der Waals surface area contributed by atoms with Gasteiger partial charge < -0.3 is 5.32 Å². The molecule has 1 heterocycles. The molecule has 0 aliphatic heterocycles. The molecule has 0 spiro atoms. The number of hydrogen-bond acceptors (Lipinski definition) is 3. The highest BCUT2D eigenvalue weighted by molar-refractivity contribution is 6.30. The van der Waals surface area contributed by atoms with Crippen molar-refractivity contribution in [3.63, 3.8) is 0 Å². The first kappa shape index (κ1) is 17.8. The number of nitrogens with zero attached hydrogens (tertiary/aromatic N) is 2. The highest BCUT2D eigenvalue weighted by atomic mass is 35.5. The summed E-state index contributed by atoms with van der Waals surface area (Å²) in [5.41, 5.74) is 1.27. The zero-order valence-corrected chi connectivity index (χ0v) is 14.6.